The van der Waals surface area contributed by atoms with Gasteiger partial charge in [0.1, 0.15) is 0 Å². The molecule has 1 aliphatic heterocycles. The summed E-state index contributed by atoms with van der Waals surface area (Å²) in [6.07, 6.45) is 1.86. The molecule has 0 saturated carbocycles. The van der Waals surface area contributed by atoms with Crippen LogP contribution in [0.3, 0.4) is 0 Å². The Balaban J connectivity index is 1.92. The molecular weight excluding hydrogens is 362 g/mol. The quantitative estimate of drug-likeness (QED) is 0.849. The topological polar surface area (TPSA) is 49.0 Å². The van der Waals surface area contributed by atoms with Crippen molar-refractivity contribution in [2.75, 3.05) is 6.54 Å². The molecular formula is C16H20BrN3OS. The molecule has 2 aromatic rings. The number of nitrogens with one attached hydrogen (secondary N) is 1. The van der Waals surface area contributed by atoms with Gasteiger partial charge in [-0.15, -0.1) is 11.3 Å². The fourth-order valence-electron chi connectivity index (χ4n) is 3.08. The van der Waals surface area contributed by atoms with E-state index in [0.717, 1.165) is 29.6 Å². The number of aromatic amines is 1. The van der Waals surface area contributed by atoms with Crippen LogP contribution in [0, 0.1) is 0 Å². The molecule has 22 heavy (non-hydrogen) atoms. The predicted molar refractivity (Wildman–Crippen MR) is 92.5 cm³/mol. The molecule has 0 spiro atoms. The first-order valence-corrected chi connectivity index (χ1v) is 9.32. The first kappa shape index (κ1) is 15.7. The van der Waals surface area contributed by atoms with Crippen LogP contribution in [0.25, 0.3) is 0 Å². The molecule has 3 rings (SSSR count). The van der Waals surface area contributed by atoms with E-state index in [1.54, 1.807) is 11.3 Å². The molecule has 0 bridgehead atoms. The lowest BCUT2D eigenvalue weighted by Crippen LogP contribution is -2.39. The van der Waals surface area contributed by atoms with Crippen molar-refractivity contribution in [3.63, 3.8) is 0 Å². The normalized spacial score (nSPS) is 17.9. The van der Waals surface area contributed by atoms with E-state index in [1.807, 2.05) is 4.90 Å². The largest absolute Gasteiger partial charge is 0.330 e. The second-order valence-corrected chi connectivity index (χ2v) is 7.72. The summed E-state index contributed by atoms with van der Waals surface area (Å²) < 4.78 is 0.804. The molecule has 2 aromatic heterocycles. The summed E-state index contributed by atoms with van der Waals surface area (Å²) >= 11 is 5.34. The number of halogens is 1. The number of hydrogen-bond donors (Lipinski definition) is 1. The first-order chi connectivity index (χ1) is 10.5. The van der Waals surface area contributed by atoms with Gasteiger partial charge in [0.2, 0.25) is 0 Å². The third-order valence-corrected chi connectivity index (χ3v) is 6.05. The summed E-state index contributed by atoms with van der Waals surface area (Å²) in [5.41, 5.74) is 2.79. The van der Waals surface area contributed by atoms with Gasteiger partial charge in [-0.25, -0.2) is 0 Å². The summed E-state index contributed by atoms with van der Waals surface area (Å²) in [7, 11) is 0. The number of fused-ring (bicyclic) bond motifs is 1. The van der Waals surface area contributed by atoms with Gasteiger partial charge in [-0.05, 0) is 51.7 Å². The third-order valence-electron chi connectivity index (χ3n) is 4.25. The van der Waals surface area contributed by atoms with E-state index < -0.39 is 0 Å². The fraction of sp³-hybridized carbons (Fsp3) is 0.500. The van der Waals surface area contributed by atoms with Crippen LogP contribution in [0.2, 0.25) is 0 Å². The van der Waals surface area contributed by atoms with Crippen molar-refractivity contribution in [2.45, 2.75) is 45.6 Å². The monoisotopic (exact) mass is 381 g/mol. The molecule has 1 amide bonds. The molecule has 0 saturated heterocycles. The minimum absolute atomic E-state index is 0.0127. The average Bonchev–Trinajstić information content (AvgIpc) is 3.11. The number of aromatic nitrogens is 2. The Morgan fingerprint density at radius 2 is 2.36 bits per heavy atom. The highest BCUT2D eigenvalue weighted by atomic mass is 79.9. The van der Waals surface area contributed by atoms with Gasteiger partial charge in [-0.3, -0.25) is 9.89 Å². The smallest absolute Gasteiger partial charge is 0.276 e. The maximum absolute atomic E-state index is 13.0. The summed E-state index contributed by atoms with van der Waals surface area (Å²) in [6.45, 7) is 7.07. The molecule has 3 heterocycles. The molecule has 0 radical (unpaired) electrons. The second kappa shape index (κ2) is 6.16. The Morgan fingerprint density at radius 3 is 3.00 bits per heavy atom. The van der Waals surface area contributed by atoms with Crippen LogP contribution < -0.4 is 0 Å². The predicted octanol–water partition coefficient (Wildman–Crippen LogP) is 4.51. The molecule has 1 aliphatic rings. The number of carbonyl (C=O) groups is 1. The SMILES string of the molecule is CCC1c2ccsc2CCN1C(=O)c1n[nH]c(C(C)C)c1Br. The molecule has 0 aromatic carbocycles. The minimum atomic E-state index is 0.0127. The second-order valence-electron chi connectivity index (χ2n) is 5.93. The highest BCUT2D eigenvalue weighted by Gasteiger charge is 2.33. The zero-order chi connectivity index (χ0) is 15.9. The van der Waals surface area contributed by atoms with Gasteiger partial charge in [0.05, 0.1) is 16.2 Å². The zero-order valence-electron chi connectivity index (χ0n) is 13.0. The maximum Gasteiger partial charge on any atom is 0.276 e. The van der Waals surface area contributed by atoms with Crippen molar-refractivity contribution >= 4 is 33.2 Å². The van der Waals surface area contributed by atoms with Crippen LogP contribution in [-0.2, 0) is 6.42 Å². The lowest BCUT2D eigenvalue weighted by molar-refractivity contribution is 0.0650. The summed E-state index contributed by atoms with van der Waals surface area (Å²) in [5, 5.41) is 9.39. The highest BCUT2D eigenvalue weighted by molar-refractivity contribution is 9.10. The van der Waals surface area contributed by atoms with E-state index in [-0.39, 0.29) is 11.9 Å². The van der Waals surface area contributed by atoms with Crippen LogP contribution in [0.15, 0.2) is 15.9 Å². The Kier molecular flexibility index (Phi) is 4.41. The number of rotatable bonds is 3. The third kappa shape index (κ3) is 2.52. The molecule has 0 aliphatic carbocycles. The van der Waals surface area contributed by atoms with Gasteiger partial charge in [0.25, 0.3) is 5.91 Å². The van der Waals surface area contributed by atoms with E-state index in [9.17, 15) is 4.79 Å². The van der Waals surface area contributed by atoms with Crippen molar-refractivity contribution in [1.82, 2.24) is 15.1 Å². The molecule has 6 heteroatoms. The molecule has 4 nitrogen and oxygen atoms in total. The molecule has 118 valence electrons. The van der Waals surface area contributed by atoms with Crippen LogP contribution in [0.4, 0.5) is 0 Å². The Morgan fingerprint density at radius 1 is 1.59 bits per heavy atom. The van der Waals surface area contributed by atoms with Crippen molar-refractivity contribution in [3.8, 4) is 0 Å². The number of thiophene rings is 1. The van der Waals surface area contributed by atoms with E-state index in [2.05, 4.69) is 58.3 Å². The van der Waals surface area contributed by atoms with Crippen molar-refractivity contribution in [1.29, 1.82) is 0 Å². The van der Waals surface area contributed by atoms with Crippen LogP contribution in [0.5, 0.6) is 0 Å². The van der Waals surface area contributed by atoms with Gasteiger partial charge < -0.3 is 4.90 Å². The van der Waals surface area contributed by atoms with Crippen LogP contribution >= 0.6 is 27.3 Å². The maximum atomic E-state index is 13.0. The van der Waals surface area contributed by atoms with Crippen molar-refractivity contribution in [2.24, 2.45) is 0 Å². The Hall–Kier alpha value is -1.14. The number of H-pyrrole nitrogens is 1. The Labute approximate surface area is 143 Å². The van der Waals surface area contributed by atoms with E-state index in [0.29, 0.717) is 11.6 Å². The van der Waals surface area contributed by atoms with Gasteiger partial charge in [0.15, 0.2) is 5.69 Å². The summed E-state index contributed by atoms with van der Waals surface area (Å²) in [4.78, 5) is 16.4. The number of carbonyl (C=O) groups excluding carboxylic acids is 1. The molecule has 1 unspecified atom stereocenters. The summed E-state index contributed by atoms with van der Waals surface area (Å²) in [5.74, 6) is 0.314. The van der Waals surface area contributed by atoms with E-state index in [1.165, 1.54) is 10.4 Å². The fourth-order valence-corrected chi connectivity index (χ4v) is 4.81. The average molecular weight is 382 g/mol. The van der Waals surface area contributed by atoms with Crippen molar-refractivity contribution < 1.29 is 4.79 Å². The highest BCUT2D eigenvalue weighted by Crippen LogP contribution is 2.37. The van der Waals surface area contributed by atoms with Crippen LogP contribution in [0.1, 0.15) is 65.8 Å². The summed E-state index contributed by atoms with van der Waals surface area (Å²) in [6, 6.07) is 2.32. The molecule has 1 atom stereocenters. The van der Waals surface area contributed by atoms with Gasteiger partial charge in [-0.1, -0.05) is 20.8 Å². The van der Waals surface area contributed by atoms with Gasteiger partial charge >= 0.3 is 0 Å². The van der Waals surface area contributed by atoms with Gasteiger partial charge in [-0.2, -0.15) is 5.10 Å². The molecule has 1 N–H and O–H groups in total. The number of hydrogen-bond acceptors (Lipinski definition) is 3. The lowest BCUT2D eigenvalue weighted by atomic mass is 9.97. The number of amides is 1. The van der Waals surface area contributed by atoms with Gasteiger partial charge in [0, 0.05) is 11.4 Å². The van der Waals surface area contributed by atoms with E-state index >= 15 is 0 Å². The van der Waals surface area contributed by atoms with Crippen LogP contribution in [-0.4, -0.2) is 27.5 Å². The first-order valence-electron chi connectivity index (χ1n) is 7.65. The van der Waals surface area contributed by atoms with Crippen molar-refractivity contribution in [3.05, 3.63) is 37.7 Å². The molecule has 0 fully saturated rings. The standard InChI is InChI=1S/C16H20BrN3OS/c1-4-11-10-6-8-22-12(10)5-7-20(11)16(21)15-13(17)14(9(2)3)18-19-15/h6,8-9,11H,4-5,7H2,1-3H3,(H,18,19). The lowest BCUT2D eigenvalue weighted by Gasteiger charge is -2.35. The minimum Gasteiger partial charge on any atom is -0.330 e. The number of nitrogens with zero attached hydrogens (tertiary/aromatic N) is 2. The zero-order valence-corrected chi connectivity index (χ0v) is 15.4. The van der Waals surface area contributed by atoms with E-state index in [4.69, 9.17) is 0 Å². The Bertz CT molecular complexity index is 691.